The summed E-state index contributed by atoms with van der Waals surface area (Å²) in [6.07, 6.45) is 0. The van der Waals surface area contributed by atoms with Crippen LogP contribution in [-0.4, -0.2) is 82.8 Å². The summed E-state index contributed by atoms with van der Waals surface area (Å²) in [6, 6.07) is 16.0. The normalized spacial score (nSPS) is 13.4. The molecule has 0 aliphatic carbocycles. The van der Waals surface area contributed by atoms with Gasteiger partial charge in [-0.05, 0) is 17.7 Å². The number of nitrogens with zero attached hydrogens (tertiary/aromatic N) is 4. The van der Waals surface area contributed by atoms with Gasteiger partial charge in [0.05, 0.1) is 23.6 Å². The van der Waals surface area contributed by atoms with Crippen molar-refractivity contribution in [2.75, 3.05) is 52.8 Å². The minimum Gasteiger partial charge on any atom is -0.370 e. The van der Waals surface area contributed by atoms with Gasteiger partial charge >= 0.3 is 0 Å². The van der Waals surface area contributed by atoms with Crippen molar-refractivity contribution in [1.82, 2.24) is 15.1 Å². The third-order valence-electron chi connectivity index (χ3n) is 5.40. The van der Waals surface area contributed by atoms with Gasteiger partial charge in [-0.3, -0.25) is 9.79 Å². The van der Waals surface area contributed by atoms with Crippen LogP contribution in [0, 0.1) is 11.3 Å². The number of nitriles is 1. The molecule has 10 heteroatoms. The number of amides is 1. The van der Waals surface area contributed by atoms with Crippen molar-refractivity contribution in [2.24, 2.45) is 4.99 Å². The van der Waals surface area contributed by atoms with Gasteiger partial charge in [-0.2, -0.15) is 5.26 Å². The van der Waals surface area contributed by atoms with Gasteiger partial charge in [-0.25, -0.2) is 8.42 Å². The zero-order valence-electron chi connectivity index (χ0n) is 19.4. The monoisotopic (exact) mass is 483 g/mol. The van der Waals surface area contributed by atoms with Gasteiger partial charge in [0, 0.05) is 39.3 Å². The predicted molar refractivity (Wildman–Crippen MR) is 129 cm³/mol. The van der Waals surface area contributed by atoms with E-state index in [4.69, 9.17) is 10.00 Å². The quantitative estimate of drug-likeness (QED) is 0.478. The third kappa shape index (κ3) is 6.63. The first kappa shape index (κ1) is 25.4. The predicted octanol–water partition coefficient (Wildman–Crippen LogP) is 1.25. The number of benzene rings is 2. The molecule has 0 atom stereocenters. The van der Waals surface area contributed by atoms with Crippen molar-refractivity contribution in [3.8, 4) is 6.07 Å². The van der Waals surface area contributed by atoms with Crippen molar-refractivity contribution < 1.29 is 17.9 Å². The molecule has 1 aliphatic rings. The van der Waals surface area contributed by atoms with Crippen LogP contribution in [0.25, 0.3) is 0 Å². The van der Waals surface area contributed by atoms with Crippen LogP contribution in [0.15, 0.2) is 58.4 Å². The van der Waals surface area contributed by atoms with E-state index in [0.29, 0.717) is 6.54 Å². The number of nitrogens with one attached hydrogen (secondary N) is 1. The molecule has 0 radical (unpaired) electrons. The number of hydrogen-bond donors (Lipinski definition) is 1. The summed E-state index contributed by atoms with van der Waals surface area (Å²) in [5.74, 6) is 0.501. The third-order valence-corrected chi connectivity index (χ3v) is 7.01. The standard InChI is InChI=1S/C24H29N5O4S/c1-28-13-11-27-24(28)20-9-7-19(8-10-20)16-29(2)23(30)17-33-14-12-26-18-34(31,32)22-6-4-3-5-21(22)15-25/h3-10,26H,11-14,16-18H2,1-2H3. The second kappa shape index (κ2) is 11.7. The molecule has 0 saturated heterocycles. The molecule has 0 saturated carbocycles. The summed E-state index contributed by atoms with van der Waals surface area (Å²) in [6.45, 7) is 2.53. The second-order valence-corrected chi connectivity index (χ2v) is 9.95. The van der Waals surface area contributed by atoms with Crippen LogP contribution in [0.2, 0.25) is 0 Å². The lowest BCUT2D eigenvalue weighted by molar-refractivity contribution is -0.135. The Bertz CT molecular complexity index is 1170. The van der Waals surface area contributed by atoms with E-state index in [9.17, 15) is 13.2 Å². The van der Waals surface area contributed by atoms with Gasteiger partial charge in [-0.15, -0.1) is 0 Å². The van der Waals surface area contributed by atoms with E-state index < -0.39 is 9.84 Å². The van der Waals surface area contributed by atoms with Gasteiger partial charge in [0.25, 0.3) is 0 Å². The summed E-state index contributed by atoms with van der Waals surface area (Å²) in [7, 11) is 0.0958. The minimum absolute atomic E-state index is 0.000922. The van der Waals surface area contributed by atoms with E-state index in [1.807, 2.05) is 37.4 Å². The first-order valence-electron chi connectivity index (χ1n) is 10.9. The lowest BCUT2D eigenvalue weighted by atomic mass is 10.1. The lowest BCUT2D eigenvalue weighted by Crippen LogP contribution is -2.32. The number of ether oxygens (including phenoxy) is 1. The summed E-state index contributed by atoms with van der Waals surface area (Å²) in [5.41, 5.74) is 2.18. The molecule has 1 N–H and O–H groups in total. The highest BCUT2D eigenvalue weighted by molar-refractivity contribution is 7.91. The molecule has 1 heterocycles. The maximum atomic E-state index is 12.4. The molecule has 0 unspecified atom stereocenters. The highest BCUT2D eigenvalue weighted by atomic mass is 32.2. The molecular formula is C24H29N5O4S. The second-order valence-electron chi connectivity index (χ2n) is 7.99. The Morgan fingerprint density at radius 2 is 1.97 bits per heavy atom. The Labute approximate surface area is 200 Å². The fraction of sp³-hybridized carbons (Fsp3) is 0.375. The van der Waals surface area contributed by atoms with Crippen LogP contribution in [0.5, 0.6) is 0 Å². The van der Waals surface area contributed by atoms with E-state index in [1.54, 1.807) is 24.1 Å². The molecule has 1 aliphatic heterocycles. The molecule has 1 amide bonds. The highest BCUT2D eigenvalue weighted by Crippen LogP contribution is 2.15. The Balaban J connectivity index is 1.37. The van der Waals surface area contributed by atoms with Crippen molar-refractivity contribution >= 4 is 21.6 Å². The van der Waals surface area contributed by atoms with Gasteiger partial charge < -0.3 is 19.9 Å². The summed E-state index contributed by atoms with van der Waals surface area (Å²) < 4.78 is 30.2. The summed E-state index contributed by atoms with van der Waals surface area (Å²) in [5, 5.41) is 11.9. The van der Waals surface area contributed by atoms with Crippen molar-refractivity contribution in [3.63, 3.8) is 0 Å². The molecule has 180 valence electrons. The zero-order chi connectivity index (χ0) is 24.6. The van der Waals surface area contributed by atoms with Crippen LogP contribution in [0.1, 0.15) is 16.7 Å². The summed E-state index contributed by atoms with van der Waals surface area (Å²) in [4.78, 5) is 20.6. The van der Waals surface area contributed by atoms with Gasteiger partial charge in [0.2, 0.25) is 5.91 Å². The molecular weight excluding hydrogens is 454 g/mol. The number of rotatable bonds is 11. The highest BCUT2D eigenvalue weighted by Gasteiger charge is 2.18. The van der Waals surface area contributed by atoms with E-state index in [1.165, 1.54) is 12.1 Å². The number of carbonyl (C=O) groups excluding carboxylic acids is 1. The van der Waals surface area contributed by atoms with Crippen molar-refractivity contribution in [3.05, 3.63) is 65.2 Å². The molecule has 34 heavy (non-hydrogen) atoms. The van der Waals surface area contributed by atoms with E-state index in [0.717, 1.165) is 30.1 Å². The van der Waals surface area contributed by atoms with Crippen molar-refractivity contribution in [2.45, 2.75) is 11.4 Å². The first-order chi connectivity index (χ1) is 16.3. The molecule has 2 aromatic rings. The number of sulfone groups is 1. The maximum Gasteiger partial charge on any atom is 0.248 e. The topological polar surface area (TPSA) is 115 Å². The average molecular weight is 484 g/mol. The molecule has 0 fully saturated rings. The minimum atomic E-state index is -3.64. The van der Waals surface area contributed by atoms with Crippen LogP contribution >= 0.6 is 0 Å². The average Bonchev–Trinajstić information content (AvgIpc) is 3.27. The van der Waals surface area contributed by atoms with Gasteiger partial charge in [-0.1, -0.05) is 36.4 Å². The number of aliphatic imine (C=N–C) groups is 1. The Hall–Kier alpha value is -3.26. The van der Waals surface area contributed by atoms with Gasteiger partial charge in [0.15, 0.2) is 9.84 Å². The van der Waals surface area contributed by atoms with Crippen LogP contribution in [-0.2, 0) is 25.9 Å². The fourth-order valence-electron chi connectivity index (χ4n) is 3.49. The molecule has 9 nitrogen and oxygen atoms in total. The SMILES string of the molecule is CN(Cc1ccc(C2=NCCN2C)cc1)C(=O)COCCNCS(=O)(=O)c1ccccc1C#N. The molecule has 2 aromatic carbocycles. The summed E-state index contributed by atoms with van der Waals surface area (Å²) >= 11 is 0. The smallest absolute Gasteiger partial charge is 0.248 e. The zero-order valence-corrected chi connectivity index (χ0v) is 20.2. The number of carbonyl (C=O) groups is 1. The maximum absolute atomic E-state index is 12.4. The van der Waals surface area contributed by atoms with Crippen LogP contribution in [0.4, 0.5) is 0 Å². The van der Waals surface area contributed by atoms with Crippen LogP contribution < -0.4 is 5.32 Å². The largest absolute Gasteiger partial charge is 0.370 e. The molecule has 0 aromatic heterocycles. The first-order valence-corrected chi connectivity index (χ1v) is 12.6. The lowest BCUT2D eigenvalue weighted by Gasteiger charge is -2.18. The number of amidine groups is 1. The Kier molecular flexibility index (Phi) is 8.76. The van der Waals surface area contributed by atoms with E-state index in [2.05, 4.69) is 15.2 Å². The molecule has 0 bridgehead atoms. The Morgan fingerprint density at radius 3 is 2.65 bits per heavy atom. The van der Waals surface area contributed by atoms with Crippen molar-refractivity contribution in [1.29, 1.82) is 5.26 Å². The van der Waals surface area contributed by atoms with E-state index in [-0.39, 0.29) is 42.0 Å². The molecule has 0 spiro atoms. The Morgan fingerprint density at radius 1 is 1.24 bits per heavy atom. The number of hydrogen-bond acceptors (Lipinski definition) is 8. The van der Waals surface area contributed by atoms with E-state index >= 15 is 0 Å². The van der Waals surface area contributed by atoms with Crippen LogP contribution in [0.3, 0.4) is 0 Å². The number of likely N-dealkylation sites (N-methyl/N-ethyl adjacent to an activating group) is 2. The fourth-order valence-corrected chi connectivity index (χ4v) is 4.80. The van der Waals surface area contributed by atoms with Gasteiger partial charge in [0.1, 0.15) is 24.4 Å². The molecule has 3 rings (SSSR count).